The van der Waals surface area contributed by atoms with Crippen LogP contribution in [0.2, 0.25) is 0 Å². The van der Waals surface area contributed by atoms with Gasteiger partial charge in [-0.3, -0.25) is 10.1 Å². The highest BCUT2D eigenvalue weighted by molar-refractivity contribution is 5.98. The highest BCUT2D eigenvalue weighted by Gasteiger charge is 2.27. The maximum atomic E-state index is 12.0. The van der Waals surface area contributed by atoms with Crippen LogP contribution in [0.1, 0.15) is 28.6 Å². The zero-order valence-electron chi connectivity index (χ0n) is 11.9. The largest absolute Gasteiger partial charge is 0.462 e. The number of ether oxygens (including phenoxy) is 1. The Kier molecular flexibility index (Phi) is 4.02. The van der Waals surface area contributed by atoms with Crippen LogP contribution in [0.25, 0.3) is 11.3 Å². The second-order valence-electron chi connectivity index (χ2n) is 4.46. The molecule has 110 valence electrons. The van der Waals surface area contributed by atoms with Crippen molar-refractivity contribution in [1.29, 1.82) is 0 Å². The molecule has 0 unspecified atom stereocenters. The van der Waals surface area contributed by atoms with E-state index in [1.165, 1.54) is 6.07 Å². The molecule has 1 aromatic heterocycles. The van der Waals surface area contributed by atoms with Gasteiger partial charge in [-0.15, -0.1) is 0 Å². The van der Waals surface area contributed by atoms with Crippen molar-refractivity contribution in [3.05, 3.63) is 45.2 Å². The summed E-state index contributed by atoms with van der Waals surface area (Å²) in [6.07, 6.45) is 0. The van der Waals surface area contributed by atoms with E-state index in [-0.39, 0.29) is 34.9 Å². The molecular formula is C14H14N2O5. The number of nitro groups is 1. The van der Waals surface area contributed by atoms with E-state index in [1.807, 2.05) is 0 Å². The Morgan fingerprint density at radius 3 is 2.76 bits per heavy atom. The Labute approximate surface area is 120 Å². The summed E-state index contributed by atoms with van der Waals surface area (Å²) >= 11 is 0. The lowest BCUT2D eigenvalue weighted by atomic mass is 10.0. The van der Waals surface area contributed by atoms with E-state index >= 15 is 0 Å². The van der Waals surface area contributed by atoms with Crippen molar-refractivity contribution in [2.45, 2.75) is 20.8 Å². The lowest BCUT2D eigenvalue weighted by Crippen LogP contribution is -2.07. The van der Waals surface area contributed by atoms with Crippen molar-refractivity contribution < 1.29 is 19.0 Å². The van der Waals surface area contributed by atoms with Gasteiger partial charge in [0, 0.05) is 6.07 Å². The normalized spacial score (nSPS) is 10.4. The molecule has 0 bridgehead atoms. The zero-order chi connectivity index (χ0) is 15.6. The van der Waals surface area contributed by atoms with E-state index in [0.29, 0.717) is 0 Å². The Balaban J connectivity index is 2.63. The fourth-order valence-electron chi connectivity index (χ4n) is 1.99. The Bertz CT molecular complexity index is 705. The van der Waals surface area contributed by atoms with Gasteiger partial charge in [-0.05, 0) is 32.4 Å². The second-order valence-corrected chi connectivity index (χ2v) is 4.46. The first-order valence-corrected chi connectivity index (χ1v) is 6.34. The van der Waals surface area contributed by atoms with E-state index in [1.54, 1.807) is 32.9 Å². The Hall–Kier alpha value is -2.70. The minimum absolute atomic E-state index is 0.115. The van der Waals surface area contributed by atoms with Gasteiger partial charge in [0.25, 0.3) is 5.69 Å². The maximum Gasteiger partial charge on any atom is 0.344 e. The van der Waals surface area contributed by atoms with Crippen LogP contribution >= 0.6 is 0 Å². The molecule has 0 radical (unpaired) electrons. The molecule has 0 amide bonds. The first-order valence-electron chi connectivity index (χ1n) is 6.34. The lowest BCUT2D eigenvalue weighted by molar-refractivity contribution is -0.384. The van der Waals surface area contributed by atoms with Gasteiger partial charge in [-0.1, -0.05) is 11.2 Å². The minimum Gasteiger partial charge on any atom is -0.462 e. The molecule has 0 aliphatic carbocycles. The monoisotopic (exact) mass is 290 g/mol. The molecule has 0 fully saturated rings. The zero-order valence-corrected chi connectivity index (χ0v) is 11.9. The molecule has 0 aliphatic heterocycles. The number of aromatic nitrogens is 1. The highest BCUT2D eigenvalue weighted by Crippen LogP contribution is 2.33. The van der Waals surface area contributed by atoms with Gasteiger partial charge >= 0.3 is 5.97 Å². The van der Waals surface area contributed by atoms with Crippen molar-refractivity contribution in [2.24, 2.45) is 0 Å². The van der Waals surface area contributed by atoms with E-state index in [9.17, 15) is 14.9 Å². The minimum atomic E-state index is -0.610. The van der Waals surface area contributed by atoms with Crippen molar-refractivity contribution in [1.82, 2.24) is 5.16 Å². The molecule has 0 atom stereocenters. The number of hydrogen-bond donors (Lipinski definition) is 0. The van der Waals surface area contributed by atoms with Gasteiger partial charge < -0.3 is 9.26 Å². The van der Waals surface area contributed by atoms with Crippen LogP contribution in [0.3, 0.4) is 0 Å². The number of nitrogens with zero attached hydrogens (tertiary/aromatic N) is 2. The third-order valence-corrected chi connectivity index (χ3v) is 2.95. The molecule has 0 aliphatic rings. The Morgan fingerprint density at radius 2 is 2.14 bits per heavy atom. The number of aryl methyl sites for hydroxylation is 2. The molecule has 2 rings (SSSR count). The van der Waals surface area contributed by atoms with Crippen molar-refractivity contribution in [3.8, 4) is 11.3 Å². The molecule has 1 heterocycles. The number of benzene rings is 1. The third-order valence-electron chi connectivity index (χ3n) is 2.95. The van der Waals surface area contributed by atoms with E-state index in [2.05, 4.69) is 5.16 Å². The molecule has 1 aromatic carbocycles. The summed E-state index contributed by atoms with van der Waals surface area (Å²) in [4.78, 5) is 22.7. The van der Waals surface area contributed by atoms with E-state index < -0.39 is 10.9 Å². The Morgan fingerprint density at radius 1 is 1.43 bits per heavy atom. The maximum absolute atomic E-state index is 12.0. The summed E-state index contributed by atoms with van der Waals surface area (Å²) in [6.45, 7) is 5.17. The average molecular weight is 290 g/mol. The number of carbonyl (C=O) groups excluding carboxylic acids is 1. The fraction of sp³-hybridized carbons (Fsp3) is 0.286. The predicted molar refractivity (Wildman–Crippen MR) is 74.0 cm³/mol. The molecule has 2 aromatic rings. The van der Waals surface area contributed by atoms with Gasteiger partial charge in [0.1, 0.15) is 17.0 Å². The van der Waals surface area contributed by atoms with E-state index in [4.69, 9.17) is 9.26 Å². The standard InChI is InChI=1S/C14H14N2O5/c1-4-20-14(17)12-9(3)21-15-13(12)10-6-5-8(2)7-11(10)16(18)19/h5-7H,4H2,1-3H3. The summed E-state index contributed by atoms with van der Waals surface area (Å²) in [5.41, 5.74) is 1.07. The highest BCUT2D eigenvalue weighted by atomic mass is 16.6. The van der Waals surface area contributed by atoms with Crippen LogP contribution in [0.5, 0.6) is 0 Å². The third kappa shape index (κ3) is 2.76. The molecule has 0 saturated heterocycles. The quantitative estimate of drug-likeness (QED) is 0.488. The molecule has 21 heavy (non-hydrogen) atoms. The van der Waals surface area contributed by atoms with Gasteiger partial charge in [0.15, 0.2) is 0 Å². The van der Waals surface area contributed by atoms with Crippen LogP contribution in [0, 0.1) is 24.0 Å². The average Bonchev–Trinajstić information content (AvgIpc) is 2.80. The van der Waals surface area contributed by atoms with Gasteiger partial charge in [0.2, 0.25) is 0 Å². The SMILES string of the molecule is CCOC(=O)c1c(-c2ccc(C)cc2[N+](=O)[O-])noc1C. The smallest absolute Gasteiger partial charge is 0.344 e. The van der Waals surface area contributed by atoms with Crippen LogP contribution in [0.15, 0.2) is 22.7 Å². The first-order chi connectivity index (χ1) is 9.95. The summed E-state index contributed by atoms with van der Waals surface area (Å²) < 4.78 is 9.95. The van der Waals surface area contributed by atoms with Crippen molar-refractivity contribution >= 4 is 11.7 Å². The van der Waals surface area contributed by atoms with Gasteiger partial charge in [0.05, 0.1) is 17.1 Å². The molecule has 7 nitrogen and oxygen atoms in total. The second kappa shape index (κ2) is 5.74. The summed E-state index contributed by atoms with van der Waals surface area (Å²) in [7, 11) is 0. The van der Waals surface area contributed by atoms with Crippen LogP contribution < -0.4 is 0 Å². The van der Waals surface area contributed by atoms with Crippen LogP contribution in [0.4, 0.5) is 5.69 Å². The lowest BCUT2D eigenvalue weighted by Gasteiger charge is -2.04. The predicted octanol–water partition coefficient (Wildman–Crippen LogP) is 3.04. The summed E-state index contributed by atoms with van der Waals surface area (Å²) in [6, 6.07) is 4.68. The number of nitro benzene ring substituents is 1. The van der Waals surface area contributed by atoms with Gasteiger partial charge in [-0.2, -0.15) is 0 Å². The number of esters is 1. The van der Waals surface area contributed by atoms with Crippen molar-refractivity contribution in [2.75, 3.05) is 6.61 Å². The first kappa shape index (κ1) is 14.7. The molecule has 7 heteroatoms. The van der Waals surface area contributed by atoms with Crippen LogP contribution in [-0.2, 0) is 4.74 Å². The molecule has 0 N–H and O–H groups in total. The van der Waals surface area contributed by atoms with Crippen LogP contribution in [-0.4, -0.2) is 22.7 Å². The summed E-state index contributed by atoms with van der Waals surface area (Å²) in [5.74, 6) is -0.348. The number of hydrogen-bond acceptors (Lipinski definition) is 6. The fourth-order valence-corrected chi connectivity index (χ4v) is 1.99. The number of rotatable bonds is 4. The van der Waals surface area contributed by atoms with Gasteiger partial charge in [-0.25, -0.2) is 4.79 Å². The topological polar surface area (TPSA) is 95.5 Å². The summed E-state index contributed by atoms with van der Waals surface area (Å²) in [5, 5.41) is 15.0. The van der Waals surface area contributed by atoms with E-state index in [0.717, 1.165) is 5.56 Å². The molecular weight excluding hydrogens is 276 g/mol. The molecule has 0 saturated carbocycles. The van der Waals surface area contributed by atoms with Crippen molar-refractivity contribution in [3.63, 3.8) is 0 Å². The molecule has 0 spiro atoms. The number of carbonyl (C=O) groups is 1.